The number of aromatic hydroxyl groups is 1. The van der Waals surface area contributed by atoms with E-state index in [1.807, 2.05) is 0 Å². The van der Waals surface area contributed by atoms with Crippen LogP contribution in [0.3, 0.4) is 0 Å². The summed E-state index contributed by atoms with van der Waals surface area (Å²) in [6.07, 6.45) is 0. The van der Waals surface area contributed by atoms with Crippen LogP contribution in [0.2, 0.25) is 0 Å². The van der Waals surface area contributed by atoms with Crippen molar-refractivity contribution >= 4 is 21.9 Å². The van der Waals surface area contributed by atoms with Crippen LogP contribution in [0.1, 0.15) is 0 Å². The minimum absolute atomic E-state index is 0.0763. The van der Waals surface area contributed by atoms with Crippen LogP contribution in [0.4, 0.5) is 0 Å². The molecule has 0 atom stereocenters. The van der Waals surface area contributed by atoms with Crippen molar-refractivity contribution in [3.8, 4) is 11.5 Å². The minimum atomic E-state index is -0.162. The van der Waals surface area contributed by atoms with Crippen LogP contribution >= 0.6 is 0 Å². The van der Waals surface area contributed by atoms with Crippen molar-refractivity contribution in [3.05, 3.63) is 46.6 Å². The summed E-state index contributed by atoms with van der Waals surface area (Å²) in [6, 6.07) is 9.88. The highest BCUT2D eigenvalue weighted by Gasteiger charge is 2.11. The molecule has 0 fully saturated rings. The van der Waals surface area contributed by atoms with Gasteiger partial charge in [0, 0.05) is 6.07 Å². The fourth-order valence-electron chi connectivity index (χ4n) is 1.98. The zero-order valence-electron chi connectivity index (χ0n) is 9.64. The van der Waals surface area contributed by atoms with Gasteiger partial charge in [-0.15, -0.1) is 0 Å². The molecular weight excluding hydrogens is 232 g/mol. The summed E-state index contributed by atoms with van der Waals surface area (Å²) in [5, 5.41) is 10.5. The number of para-hydroxylation sites is 1. The quantitative estimate of drug-likeness (QED) is 0.666. The molecule has 1 heterocycles. The van der Waals surface area contributed by atoms with Gasteiger partial charge < -0.3 is 14.3 Å². The number of rotatable bonds is 1. The summed E-state index contributed by atoms with van der Waals surface area (Å²) in [5.74, 6) is 0.202. The second-order valence-electron chi connectivity index (χ2n) is 3.95. The van der Waals surface area contributed by atoms with Gasteiger partial charge in [0.1, 0.15) is 11.2 Å². The van der Waals surface area contributed by atoms with E-state index in [-0.39, 0.29) is 16.9 Å². The molecule has 0 spiro atoms. The van der Waals surface area contributed by atoms with E-state index in [9.17, 15) is 9.90 Å². The van der Waals surface area contributed by atoms with E-state index in [1.165, 1.54) is 19.2 Å². The van der Waals surface area contributed by atoms with Gasteiger partial charge in [-0.2, -0.15) is 0 Å². The Balaban J connectivity index is 2.52. The maximum atomic E-state index is 12.2. The van der Waals surface area contributed by atoms with E-state index in [0.717, 1.165) is 0 Å². The van der Waals surface area contributed by atoms with E-state index in [4.69, 9.17) is 9.15 Å². The first-order valence-electron chi connectivity index (χ1n) is 5.43. The Bertz CT molecular complexity index is 802. The van der Waals surface area contributed by atoms with Crippen LogP contribution < -0.4 is 10.2 Å². The van der Waals surface area contributed by atoms with Crippen LogP contribution in [0.25, 0.3) is 21.9 Å². The lowest BCUT2D eigenvalue weighted by atomic mass is 10.1. The van der Waals surface area contributed by atoms with Crippen LogP contribution in [-0.2, 0) is 0 Å². The van der Waals surface area contributed by atoms with Crippen molar-refractivity contribution in [2.75, 3.05) is 7.11 Å². The van der Waals surface area contributed by atoms with Crippen LogP contribution in [0.5, 0.6) is 11.5 Å². The molecule has 18 heavy (non-hydrogen) atoms. The van der Waals surface area contributed by atoms with Crippen molar-refractivity contribution in [3.63, 3.8) is 0 Å². The van der Waals surface area contributed by atoms with Gasteiger partial charge >= 0.3 is 0 Å². The third-order valence-corrected chi connectivity index (χ3v) is 2.88. The monoisotopic (exact) mass is 242 g/mol. The van der Waals surface area contributed by atoms with Crippen molar-refractivity contribution in [2.24, 2.45) is 0 Å². The van der Waals surface area contributed by atoms with Crippen molar-refractivity contribution in [2.45, 2.75) is 0 Å². The number of hydrogen-bond acceptors (Lipinski definition) is 4. The Labute approximate surface area is 102 Å². The van der Waals surface area contributed by atoms with Gasteiger partial charge in [0.2, 0.25) is 5.43 Å². The highest BCUT2D eigenvalue weighted by atomic mass is 16.5. The highest BCUT2D eigenvalue weighted by Crippen LogP contribution is 2.31. The smallest absolute Gasteiger partial charge is 0.200 e. The number of hydrogen-bond donors (Lipinski definition) is 1. The van der Waals surface area contributed by atoms with Gasteiger partial charge in [-0.25, -0.2) is 0 Å². The minimum Gasteiger partial charge on any atom is -0.504 e. The molecule has 2 aromatic carbocycles. The summed E-state index contributed by atoms with van der Waals surface area (Å²) >= 11 is 0. The Morgan fingerprint density at radius 1 is 1.11 bits per heavy atom. The number of phenolic OH excluding ortho intramolecular Hbond substituents is 1. The fourth-order valence-corrected chi connectivity index (χ4v) is 1.98. The molecule has 0 bridgehead atoms. The summed E-state index contributed by atoms with van der Waals surface area (Å²) < 4.78 is 10.6. The molecule has 1 aromatic heterocycles. The molecule has 0 aliphatic heterocycles. The molecule has 3 aromatic rings. The first-order chi connectivity index (χ1) is 8.70. The zero-order chi connectivity index (χ0) is 12.7. The molecule has 0 aliphatic rings. The summed E-state index contributed by atoms with van der Waals surface area (Å²) in [5.41, 5.74) is 0.751. The number of fused-ring (bicyclic) bond motifs is 2. The van der Waals surface area contributed by atoms with Crippen molar-refractivity contribution in [1.29, 1.82) is 0 Å². The predicted octanol–water partition coefficient (Wildman–Crippen LogP) is 2.66. The number of phenols is 1. The van der Waals surface area contributed by atoms with Crippen LogP contribution in [-0.4, -0.2) is 12.2 Å². The molecule has 4 heteroatoms. The molecule has 0 aliphatic carbocycles. The van der Waals surface area contributed by atoms with Crippen LogP contribution in [0, 0.1) is 0 Å². The average Bonchev–Trinajstić information content (AvgIpc) is 2.39. The zero-order valence-corrected chi connectivity index (χ0v) is 9.64. The number of methoxy groups -OCH3 is 1. The molecule has 1 N–H and O–H groups in total. The third-order valence-electron chi connectivity index (χ3n) is 2.88. The normalized spacial score (nSPS) is 10.9. The summed E-state index contributed by atoms with van der Waals surface area (Å²) in [6.45, 7) is 0. The van der Waals surface area contributed by atoms with Gasteiger partial charge in [-0.1, -0.05) is 12.1 Å². The van der Waals surface area contributed by atoms with Gasteiger partial charge in [0.05, 0.1) is 17.9 Å². The average molecular weight is 242 g/mol. The van der Waals surface area contributed by atoms with Gasteiger partial charge in [0.15, 0.2) is 11.5 Å². The Kier molecular flexibility index (Phi) is 2.23. The van der Waals surface area contributed by atoms with E-state index in [1.54, 1.807) is 24.3 Å². The summed E-state index contributed by atoms with van der Waals surface area (Å²) in [4.78, 5) is 12.2. The lowest BCUT2D eigenvalue weighted by molar-refractivity contribution is 0.373. The Morgan fingerprint density at radius 3 is 2.67 bits per heavy atom. The Hall–Kier alpha value is -2.49. The predicted molar refractivity (Wildman–Crippen MR) is 68.2 cm³/mol. The topological polar surface area (TPSA) is 59.7 Å². The molecule has 0 saturated carbocycles. The molecule has 4 nitrogen and oxygen atoms in total. The van der Waals surface area contributed by atoms with Crippen molar-refractivity contribution in [1.82, 2.24) is 0 Å². The highest BCUT2D eigenvalue weighted by molar-refractivity contribution is 5.91. The molecular formula is C14H10O4. The lowest BCUT2D eigenvalue weighted by Crippen LogP contribution is -2.02. The van der Waals surface area contributed by atoms with E-state index < -0.39 is 0 Å². The molecule has 90 valence electrons. The fraction of sp³-hybridized carbons (Fsp3) is 0.0714. The molecule has 3 rings (SSSR count). The maximum absolute atomic E-state index is 12.2. The largest absolute Gasteiger partial charge is 0.504 e. The standard InChI is InChI=1S/C14H10O4/c1-17-13-7-12-9(6-10(13)15)14(16)8-4-2-3-5-11(8)18-12/h2-7,15H,1H3. The van der Waals surface area contributed by atoms with Gasteiger partial charge in [-0.05, 0) is 18.2 Å². The second kappa shape index (κ2) is 3.77. The van der Waals surface area contributed by atoms with Crippen LogP contribution in [0.15, 0.2) is 45.6 Å². The molecule has 0 saturated heterocycles. The number of ether oxygens (including phenoxy) is 1. The third kappa shape index (κ3) is 1.43. The van der Waals surface area contributed by atoms with Gasteiger partial charge in [-0.3, -0.25) is 4.79 Å². The molecule has 0 amide bonds. The first kappa shape index (κ1) is 10.7. The van der Waals surface area contributed by atoms with E-state index in [0.29, 0.717) is 21.9 Å². The van der Waals surface area contributed by atoms with Crippen molar-refractivity contribution < 1.29 is 14.3 Å². The first-order valence-corrected chi connectivity index (χ1v) is 5.43. The van der Waals surface area contributed by atoms with E-state index in [2.05, 4.69) is 0 Å². The van der Waals surface area contributed by atoms with E-state index >= 15 is 0 Å². The molecule has 0 radical (unpaired) electrons. The maximum Gasteiger partial charge on any atom is 0.200 e. The van der Waals surface area contributed by atoms with Gasteiger partial charge in [0.25, 0.3) is 0 Å². The SMILES string of the molecule is COc1cc2oc3ccccc3c(=O)c2cc1O. The number of benzene rings is 2. The molecule has 0 unspecified atom stereocenters. The summed E-state index contributed by atoms with van der Waals surface area (Å²) in [7, 11) is 1.44. The Morgan fingerprint density at radius 2 is 1.89 bits per heavy atom. The lowest BCUT2D eigenvalue weighted by Gasteiger charge is -2.05. The second-order valence-corrected chi connectivity index (χ2v) is 3.95.